The number of aliphatic hydroxyl groups excluding tert-OH is 3. The Morgan fingerprint density at radius 1 is 0.500 bits per heavy atom. The molecule has 0 amide bonds. The minimum atomic E-state index is -5.56. The summed E-state index contributed by atoms with van der Waals surface area (Å²) in [5.41, 5.74) is 0. The SMILES string of the molecule is CCCCCCCCCCCCCCCC(=O)O[C@@H](COP(=O)(O)OC1C(O)[C@H](OP(=O)(O)O)C(O)[C@H](OP(=O)(O)O)[C@@H]1O)CC(=O)OCCCCCCCCCCCCCCSC(=O)CCC. The fourth-order valence-electron chi connectivity index (χ4n) is 7.75. The van der Waals surface area contributed by atoms with Crippen molar-refractivity contribution in [1.29, 1.82) is 0 Å². The second kappa shape index (κ2) is 37.8. The number of aliphatic hydroxyl groups is 3. The molecule has 20 nitrogen and oxygen atoms in total. The number of rotatable bonds is 43. The van der Waals surface area contributed by atoms with Crippen LogP contribution in [-0.4, -0.2) is 119 Å². The van der Waals surface area contributed by atoms with Crippen LogP contribution in [-0.2, 0) is 55.6 Å². The van der Waals surface area contributed by atoms with Crippen LogP contribution >= 0.6 is 35.2 Å². The van der Waals surface area contributed by atoms with Gasteiger partial charge in [-0.05, 0) is 25.7 Å². The molecule has 1 saturated carbocycles. The Kier molecular flexibility index (Phi) is 36.3. The molecule has 0 aromatic rings. The Hall–Kier alpha value is -0.830. The van der Waals surface area contributed by atoms with Crippen LogP contribution in [0.1, 0.15) is 200 Å². The number of carbonyl (C=O) groups is 3. The largest absolute Gasteiger partial charge is 0.472 e. The van der Waals surface area contributed by atoms with Gasteiger partial charge in [0.25, 0.3) is 0 Å². The Morgan fingerprint density at radius 3 is 1.32 bits per heavy atom. The van der Waals surface area contributed by atoms with E-state index in [2.05, 4.69) is 16.0 Å². The molecule has 1 aliphatic carbocycles. The number of unbranched alkanes of at least 4 members (excludes halogenated alkanes) is 23. The van der Waals surface area contributed by atoms with Crippen LogP contribution in [0.4, 0.5) is 0 Å². The summed E-state index contributed by atoms with van der Waals surface area (Å²) in [5, 5.41) is 32.2. The van der Waals surface area contributed by atoms with E-state index in [9.17, 15) is 67.9 Å². The minimum Gasteiger partial charge on any atom is -0.466 e. The fourth-order valence-corrected chi connectivity index (χ4v) is 10.8. The van der Waals surface area contributed by atoms with Gasteiger partial charge in [-0.25, -0.2) is 13.7 Å². The van der Waals surface area contributed by atoms with Crippen LogP contribution < -0.4 is 0 Å². The number of phosphoric acid groups is 3. The van der Waals surface area contributed by atoms with E-state index in [4.69, 9.17) is 18.5 Å². The van der Waals surface area contributed by atoms with Gasteiger partial charge < -0.3 is 49.3 Å². The lowest BCUT2D eigenvalue weighted by Crippen LogP contribution is -2.65. The van der Waals surface area contributed by atoms with E-state index in [0.717, 1.165) is 89.2 Å². The van der Waals surface area contributed by atoms with Crippen molar-refractivity contribution in [3.8, 4) is 0 Å². The molecule has 1 rings (SSSR count). The zero-order valence-corrected chi connectivity index (χ0v) is 43.9. The molecule has 0 aliphatic heterocycles. The molecule has 0 bridgehead atoms. The van der Waals surface area contributed by atoms with Gasteiger partial charge in [0.15, 0.2) is 5.12 Å². The zero-order chi connectivity index (χ0) is 50.9. The summed E-state index contributed by atoms with van der Waals surface area (Å²) in [4.78, 5) is 85.1. The average Bonchev–Trinajstić information content (AvgIpc) is 3.25. The molecule has 0 radical (unpaired) electrons. The first kappa shape index (κ1) is 65.2. The highest BCUT2D eigenvalue weighted by molar-refractivity contribution is 8.13. The molecular formula is C44H85O20P3S. The maximum absolute atomic E-state index is 13.2. The van der Waals surface area contributed by atoms with E-state index in [1.165, 1.54) is 82.4 Å². The normalized spacial score (nSPS) is 21.3. The minimum absolute atomic E-state index is 0.0239. The van der Waals surface area contributed by atoms with Gasteiger partial charge in [0.1, 0.15) is 42.7 Å². The van der Waals surface area contributed by atoms with E-state index in [-0.39, 0.29) is 18.1 Å². The van der Waals surface area contributed by atoms with Crippen molar-refractivity contribution in [1.82, 2.24) is 0 Å². The predicted octanol–water partition coefficient (Wildman–Crippen LogP) is 8.61. The number of ether oxygens (including phenoxy) is 2. The first-order chi connectivity index (χ1) is 32.2. The van der Waals surface area contributed by atoms with E-state index in [0.29, 0.717) is 19.3 Å². The van der Waals surface area contributed by atoms with Crippen molar-refractivity contribution in [2.75, 3.05) is 19.0 Å². The molecule has 8 N–H and O–H groups in total. The highest BCUT2D eigenvalue weighted by atomic mass is 32.2. The van der Waals surface area contributed by atoms with Gasteiger partial charge in [-0.1, -0.05) is 167 Å². The number of thioether (sulfide) groups is 1. The first-order valence-corrected chi connectivity index (χ1v) is 30.4. The Balaban J connectivity index is 2.68. The molecule has 0 spiro atoms. The second-order valence-corrected chi connectivity index (χ2v) is 22.6. The summed E-state index contributed by atoms with van der Waals surface area (Å²) in [6.07, 6.45) is 11.2. The van der Waals surface area contributed by atoms with Gasteiger partial charge in [-0.2, -0.15) is 0 Å². The van der Waals surface area contributed by atoms with Gasteiger partial charge in [-0.15, -0.1) is 0 Å². The lowest BCUT2D eigenvalue weighted by Gasteiger charge is -2.44. The molecule has 0 aromatic carbocycles. The third-order valence-electron chi connectivity index (χ3n) is 11.4. The average molecular weight is 1060 g/mol. The van der Waals surface area contributed by atoms with E-state index in [1.54, 1.807) is 0 Å². The van der Waals surface area contributed by atoms with Crippen LogP contribution in [0, 0.1) is 0 Å². The standard InChI is InChI=1S/C44H85O20P3S/c1-3-5-6-7-8-9-10-11-14-17-20-23-26-30-36(45)61-35(33-37(46)59-31-27-24-21-18-15-12-13-16-19-22-25-28-32-68-38(47)29-4-2)34-60-67(57,58)64-44-40(49)42(62-65(51,52)53)39(48)43(41(44)50)63-66(54,55)56/h35,39-44,48-50H,3-34H2,1-2H3,(H,57,58)(H2,51,52,53)(H2,54,55,56)/t35-,39?,40+,41?,42+,43-,44?/m1/s1. The summed E-state index contributed by atoms with van der Waals surface area (Å²) in [5.74, 6) is -0.620. The molecule has 1 fully saturated rings. The van der Waals surface area contributed by atoms with Crippen LogP contribution in [0.2, 0.25) is 0 Å². The number of hydrogen-bond donors (Lipinski definition) is 8. The monoisotopic (exact) mass is 1060 g/mol. The van der Waals surface area contributed by atoms with Gasteiger partial charge in [0.05, 0.1) is 19.6 Å². The van der Waals surface area contributed by atoms with Crippen molar-refractivity contribution in [3.63, 3.8) is 0 Å². The zero-order valence-electron chi connectivity index (χ0n) is 40.4. The highest BCUT2D eigenvalue weighted by Crippen LogP contribution is 2.51. The van der Waals surface area contributed by atoms with E-state index in [1.807, 2.05) is 6.92 Å². The fraction of sp³-hybridized carbons (Fsp3) is 0.932. The summed E-state index contributed by atoms with van der Waals surface area (Å²) < 4.78 is 65.6. The molecule has 4 unspecified atom stereocenters. The maximum Gasteiger partial charge on any atom is 0.472 e. The smallest absolute Gasteiger partial charge is 0.466 e. The van der Waals surface area contributed by atoms with Crippen molar-refractivity contribution < 1.29 is 95.4 Å². The second-order valence-electron chi connectivity index (χ2n) is 17.7. The lowest BCUT2D eigenvalue weighted by molar-refractivity contribution is -0.213. The molecule has 68 heavy (non-hydrogen) atoms. The first-order valence-electron chi connectivity index (χ1n) is 24.9. The summed E-state index contributed by atoms with van der Waals surface area (Å²) >= 11 is 1.45. The van der Waals surface area contributed by atoms with Crippen LogP contribution in [0.15, 0.2) is 0 Å². The van der Waals surface area contributed by atoms with Gasteiger partial charge >= 0.3 is 35.4 Å². The van der Waals surface area contributed by atoms with Gasteiger partial charge in [0.2, 0.25) is 0 Å². The maximum atomic E-state index is 13.2. The number of phosphoric ester groups is 3. The molecule has 8 atom stereocenters. The third-order valence-corrected chi connectivity index (χ3v) is 14.5. The van der Waals surface area contributed by atoms with Crippen molar-refractivity contribution in [2.45, 2.75) is 243 Å². The van der Waals surface area contributed by atoms with Gasteiger partial charge in [-0.3, -0.25) is 32.5 Å². The third kappa shape index (κ3) is 33.8. The predicted molar refractivity (Wildman–Crippen MR) is 256 cm³/mol. The number of esters is 2. The highest BCUT2D eigenvalue weighted by Gasteiger charge is 2.56. The van der Waals surface area contributed by atoms with Crippen LogP contribution in [0.25, 0.3) is 0 Å². The molecule has 402 valence electrons. The molecule has 24 heteroatoms. The molecule has 0 aromatic heterocycles. The van der Waals surface area contributed by atoms with Crippen molar-refractivity contribution in [2.24, 2.45) is 0 Å². The Bertz CT molecular complexity index is 1460. The van der Waals surface area contributed by atoms with Crippen molar-refractivity contribution >= 4 is 52.3 Å². The number of carbonyl (C=O) groups excluding carboxylic acids is 3. The van der Waals surface area contributed by atoms with Crippen LogP contribution in [0.3, 0.4) is 0 Å². The topological polar surface area (TPSA) is 320 Å². The van der Waals surface area contributed by atoms with Crippen molar-refractivity contribution in [3.05, 3.63) is 0 Å². The molecule has 0 heterocycles. The number of hydrogen-bond acceptors (Lipinski definition) is 16. The molecular weight excluding hydrogens is 973 g/mol. The Labute approximate surface area is 408 Å². The molecule has 0 saturated heterocycles. The Morgan fingerprint density at radius 2 is 0.897 bits per heavy atom. The quantitative estimate of drug-likeness (QED) is 0.0161. The van der Waals surface area contributed by atoms with Crippen LogP contribution in [0.5, 0.6) is 0 Å². The summed E-state index contributed by atoms with van der Waals surface area (Å²) in [7, 11) is -16.6. The summed E-state index contributed by atoms with van der Waals surface area (Å²) in [6, 6.07) is 0. The summed E-state index contributed by atoms with van der Waals surface area (Å²) in [6.45, 7) is 3.33. The van der Waals surface area contributed by atoms with E-state index >= 15 is 0 Å². The van der Waals surface area contributed by atoms with Gasteiger partial charge in [0, 0.05) is 18.6 Å². The van der Waals surface area contributed by atoms with E-state index < -0.39 is 91.2 Å². The molecule has 1 aliphatic rings. The lowest BCUT2D eigenvalue weighted by atomic mass is 9.85.